The third-order valence-electron chi connectivity index (χ3n) is 2.15. The Morgan fingerprint density at radius 3 is 2.14 bits per heavy atom. The first-order valence-electron chi connectivity index (χ1n) is 4.56. The van der Waals surface area contributed by atoms with Crippen LogP contribution in [0.15, 0.2) is 12.4 Å². The quantitative estimate of drug-likeness (QED) is 0.707. The summed E-state index contributed by atoms with van der Waals surface area (Å²) in [6.07, 6.45) is 3.52. The van der Waals surface area contributed by atoms with Crippen LogP contribution in [0, 0.1) is 0 Å². The Hall–Kier alpha value is -0.830. The molecule has 0 aliphatic heterocycles. The normalized spacial score (nSPS) is 11.5. The molecule has 3 nitrogen and oxygen atoms in total. The molecule has 0 N–H and O–H groups in total. The molecular weight excluding hydrogens is 198 g/mol. The molecule has 0 fully saturated rings. The van der Waals surface area contributed by atoms with Gasteiger partial charge >= 0.3 is 0 Å². The van der Waals surface area contributed by atoms with E-state index in [1.165, 1.54) is 0 Å². The zero-order chi connectivity index (χ0) is 10.8. The number of hydrogen-bond acceptors (Lipinski definition) is 3. The van der Waals surface area contributed by atoms with Gasteiger partial charge in [-0.2, -0.15) is 0 Å². The van der Waals surface area contributed by atoms with Crippen LogP contribution in [0.5, 0.6) is 0 Å². The lowest BCUT2D eigenvalue weighted by Crippen LogP contribution is -2.39. The predicted molar refractivity (Wildman–Crippen MR) is 59.7 cm³/mol. The van der Waals surface area contributed by atoms with Gasteiger partial charge in [0.25, 0.3) is 0 Å². The van der Waals surface area contributed by atoms with Gasteiger partial charge in [-0.15, -0.1) is 11.6 Å². The molecule has 1 rings (SSSR count). The zero-order valence-electron chi connectivity index (χ0n) is 9.08. The fourth-order valence-corrected chi connectivity index (χ4v) is 1.03. The highest BCUT2D eigenvalue weighted by Gasteiger charge is 2.19. The Labute approximate surface area is 90.1 Å². The lowest BCUT2D eigenvalue weighted by atomic mass is 10.1. The topological polar surface area (TPSA) is 29.0 Å². The maximum atomic E-state index is 5.66. The van der Waals surface area contributed by atoms with Crippen LogP contribution in [-0.4, -0.2) is 22.6 Å². The van der Waals surface area contributed by atoms with Crippen molar-refractivity contribution in [3.63, 3.8) is 0 Å². The van der Waals surface area contributed by atoms with Gasteiger partial charge in [0.05, 0.1) is 5.88 Å². The summed E-state index contributed by atoms with van der Waals surface area (Å²) >= 11 is 5.66. The van der Waals surface area contributed by atoms with Gasteiger partial charge in [0, 0.05) is 30.5 Å². The molecule has 0 aromatic carbocycles. The van der Waals surface area contributed by atoms with E-state index in [1.807, 2.05) is 11.9 Å². The maximum absolute atomic E-state index is 5.66. The maximum Gasteiger partial charge on any atom is 0.225 e. The second kappa shape index (κ2) is 4.13. The summed E-state index contributed by atoms with van der Waals surface area (Å²) in [4.78, 5) is 10.5. The third kappa shape index (κ3) is 2.58. The molecule has 0 radical (unpaired) electrons. The van der Waals surface area contributed by atoms with Gasteiger partial charge < -0.3 is 4.90 Å². The molecule has 0 aliphatic carbocycles. The second-order valence-corrected chi connectivity index (χ2v) is 4.52. The van der Waals surface area contributed by atoms with Crippen molar-refractivity contribution in [1.29, 1.82) is 0 Å². The van der Waals surface area contributed by atoms with Crippen LogP contribution >= 0.6 is 11.6 Å². The Morgan fingerprint density at radius 2 is 1.79 bits per heavy atom. The van der Waals surface area contributed by atoms with Gasteiger partial charge in [-0.1, -0.05) is 0 Å². The van der Waals surface area contributed by atoms with E-state index in [-0.39, 0.29) is 5.54 Å². The van der Waals surface area contributed by atoms with Gasteiger partial charge in [-0.05, 0) is 20.8 Å². The van der Waals surface area contributed by atoms with E-state index < -0.39 is 0 Å². The molecule has 0 spiro atoms. The molecule has 0 unspecified atom stereocenters. The number of anilines is 1. The highest BCUT2D eigenvalue weighted by molar-refractivity contribution is 6.17. The summed E-state index contributed by atoms with van der Waals surface area (Å²) in [6, 6.07) is 0. The number of hydrogen-bond donors (Lipinski definition) is 0. The summed E-state index contributed by atoms with van der Waals surface area (Å²) in [5.41, 5.74) is 0.973. The molecule has 0 aliphatic rings. The smallest absolute Gasteiger partial charge is 0.225 e. The van der Waals surface area contributed by atoms with Crippen molar-refractivity contribution in [2.24, 2.45) is 0 Å². The molecule has 14 heavy (non-hydrogen) atoms. The molecule has 1 aromatic heterocycles. The highest BCUT2D eigenvalue weighted by Crippen LogP contribution is 2.17. The standard InChI is InChI=1S/C10H16ClN3/c1-10(2,3)14(4)9-12-6-8(5-11)7-13-9/h6-7H,5H2,1-4H3. The molecule has 0 saturated heterocycles. The van der Waals surface area contributed by atoms with Gasteiger partial charge in [0.2, 0.25) is 5.95 Å². The van der Waals surface area contributed by atoms with Crippen LogP contribution in [0.1, 0.15) is 26.3 Å². The molecule has 0 atom stereocenters. The average Bonchev–Trinajstić information content (AvgIpc) is 2.15. The summed E-state index contributed by atoms with van der Waals surface area (Å²) in [7, 11) is 1.98. The van der Waals surface area contributed by atoms with Crippen molar-refractivity contribution in [2.75, 3.05) is 11.9 Å². The molecule has 1 aromatic rings. The summed E-state index contributed by atoms with van der Waals surface area (Å²) in [6.45, 7) is 6.35. The van der Waals surface area contributed by atoms with Gasteiger partial charge in [0.1, 0.15) is 0 Å². The van der Waals surface area contributed by atoms with Crippen LogP contribution in [0.3, 0.4) is 0 Å². The monoisotopic (exact) mass is 213 g/mol. The van der Waals surface area contributed by atoms with E-state index in [1.54, 1.807) is 12.4 Å². The first-order valence-corrected chi connectivity index (χ1v) is 5.09. The molecule has 0 bridgehead atoms. The van der Waals surface area contributed by atoms with Crippen LogP contribution in [0.25, 0.3) is 0 Å². The van der Waals surface area contributed by atoms with E-state index >= 15 is 0 Å². The number of nitrogens with zero attached hydrogens (tertiary/aromatic N) is 3. The van der Waals surface area contributed by atoms with Crippen molar-refractivity contribution in [2.45, 2.75) is 32.2 Å². The summed E-state index contributed by atoms with van der Waals surface area (Å²) in [5, 5.41) is 0. The number of alkyl halides is 1. The fraction of sp³-hybridized carbons (Fsp3) is 0.600. The zero-order valence-corrected chi connectivity index (χ0v) is 9.84. The van der Waals surface area contributed by atoms with E-state index in [0.717, 1.165) is 11.5 Å². The lowest BCUT2D eigenvalue weighted by Gasteiger charge is -2.31. The minimum atomic E-state index is 0.0302. The van der Waals surface area contributed by atoms with Crippen molar-refractivity contribution in [1.82, 2.24) is 9.97 Å². The highest BCUT2D eigenvalue weighted by atomic mass is 35.5. The van der Waals surface area contributed by atoms with Crippen molar-refractivity contribution < 1.29 is 0 Å². The Bertz CT molecular complexity index is 289. The minimum Gasteiger partial charge on any atom is -0.339 e. The van der Waals surface area contributed by atoms with Crippen molar-refractivity contribution in [3.05, 3.63) is 18.0 Å². The van der Waals surface area contributed by atoms with Crippen molar-refractivity contribution in [3.8, 4) is 0 Å². The largest absolute Gasteiger partial charge is 0.339 e. The fourth-order valence-electron chi connectivity index (χ4n) is 0.890. The molecule has 4 heteroatoms. The minimum absolute atomic E-state index is 0.0302. The van der Waals surface area contributed by atoms with E-state index in [9.17, 15) is 0 Å². The first kappa shape index (κ1) is 11.2. The molecule has 0 amide bonds. The Morgan fingerprint density at radius 1 is 1.29 bits per heavy atom. The summed E-state index contributed by atoms with van der Waals surface area (Å²) < 4.78 is 0. The van der Waals surface area contributed by atoms with Crippen LogP contribution in [0.4, 0.5) is 5.95 Å². The van der Waals surface area contributed by atoms with Gasteiger partial charge in [-0.25, -0.2) is 9.97 Å². The summed E-state index contributed by atoms with van der Waals surface area (Å²) in [5.74, 6) is 1.19. The second-order valence-electron chi connectivity index (χ2n) is 4.25. The Kier molecular flexibility index (Phi) is 3.32. The number of rotatable bonds is 2. The van der Waals surface area contributed by atoms with Crippen LogP contribution in [-0.2, 0) is 5.88 Å². The lowest BCUT2D eigenvalue weighted by molar-refractivity contribution is 0.528. The molecule has 0 saturated carbocycles. The molecule has 1 heterocycles. The van der Waals surface area contributed by atoms with E-state index in [4.69, 9.17) is 11.6 Å². The van der Waals surface area contributed by atoms with Crippen molar-refractivity contribution >= 4 is 17.5 Å². The van der Waals surface area contributed by atoms with Gasteiger partial charge in [-0.3, -0.25) is 0 Å². The van der Waals surface area contributed by atoms with Crippen LogP contribution in [0.2, 0.25) is 0 Å². The SMILES string of the molecule is CN(c1ncc(CCl)cn1)C(C)(C)C. The number of halogens is 1. The molecule has 78 valence electrons. The van der Waals surface area contributed by atoms with Gasteiger partial charge in [0.15, 0.2) is 0 Å². The first-order chi connectivity index (χ1) is 6.45. The number of aromatic nitrogens is 2. The van der Waals surface area contributed by atoms with E-state index in [0.29, 0.717) is 5.88 Å². The average molecular weight is 214 g/mol. The van der Waals surface area contributed by atoms with Crippen LogP contribution < -0.4 is 4.90 Å². The van der Waals surface area contributed by atoms with E-state index in [2.05, 4.69) is 30.7 Å². The third-order valence-corrected chi connectivity index (χ3v) is 2.46. The predicted octanol–water partition coefficient (Wildman–Crippen LogP) is 2.45. The Balaban J connectivity index is 2.87. The molecular formula is C10H16ClN3.